The number of nitrogens with zero attached hydrogens (tertiary/aromatic N) is 1. The van der Waals surface area contributed by atoms with E-state index in [4.69, 9.17) is 0 Å². The molecule has 1 aliphatic carbocycles. The molecule has 0 bridgehead atoms. The van der Waals surface area contributed by atoms with Gasteiger partial charge in [0, 0.05) is 49.3 Å². The molecule has 23 heavy (non-hydrogen) atoms. The zero-order valence-electron chi connectivity index (χ0n) is 15.1. The molecule has 1 saturated carbocycles. The van der Waals surface area contributed by atoms with Crippen molar-refractivity contribution in [1.82, 2.24) is 15.5 Å². The van der Waals surface area contributed by atoms with E-state index in [0.717, 1.165) is 50.7 Å². The van der Waals surface area contributed by atoms with Gasteiger partial charge in [0.1, 0.15) is 0 Å². The maximum absolute atomic E-state index is 12.1. The average molecular weight is 344 g/mol. The first kappa shape index (κ1) is 18.7. The Morgan fingerprint density at radius 3 is 2.39 bits per heavy atom. The second kappa shape index (κ2) is 7.97. The molecule has 1 aliphatic heterocycles. The van der Waals surface area contributed by atoms with Crippen molar-refractivity contribution in [3.8, 4) is 0 Å². The highest BCUT2D eigenvalue weighted by Gasteiger charge is 2.41. The summed E-state index contributed by atoms with van der Waals surface area (Å²) in [5.74, 6) is 1.47. The lowest BCUT2D eigenvalue weighted by Crippen LogP contribution is -2.54. The van der Waals surface area contributed by atoms with Crippen molar-refractivity contribution in [2.75, 3.05) is 32.4 Å². The largest absolute Gasteiger partial charge is 0.337 e. The Morgan fingerprint density at radius 1 is 1.30 bits per heavy atom. The fraction of sp³-hybridized carbons (Fsp3) is 0.941. The van der Waals surface area contributed by atoms with E-state index in [1.807, 2.05) is 0 Å². The van der Waals surface area contributed by atoms with Crippen molar-refractivity contribution in [3.63, 3.8) is 0 Å². The molecule has 6 heteroatoms. The first-order valence-electron chi connectivity index (χ1n) is 8.91. The molecule has 4 atom stereocenters. The van der Waals surface area contributed by atoms with Crippen LogP contribution < -0.4 is 10.6 Å². The molecule has 0 radical (unpaired) electrons. The number of carbonyl (C=O) groups excluding carboxylic acids is 1. The number of urea groups is 1. The topological polar surface area (TPSA) is 61.4 Å². The molecular weight excluding hydrogens is 310 g/mol. The predicted molar refractivity (Wildman–Crippen MR) is 96.0 cm³/mol. The van der Waals surface area contributed by atoms with Gasteiger partial charge < -0.3 is 15.5 Å². The van der Waals surface area contributed by atoms with Gasteiger partial charge in [-0.25, -0.2) is 4.79 Å². The number of hydrogen-bond donors (Lipinski definition) is 2. The third-order valence-electron chi connectivity index (χ3n) is 5.30. The number of nitrogens with one attached hydrogen (secondary N) is 2. The van der Waals surface area contributed by atoms with E-state index in [1.165, 1.54) is 6.42 Å². The van der Waals surface area contributed by atoms with Crippen LogP contribution in [-0.4, -0.2) is 58.4 Å². The molecule has 1 saturated heterocycles. The van der Waals surface area contributed by atoms with E-state index < -0.39 is 10.8 Å². The highest BCUT2D eigenvalue weighted by atomic mass is 32.2. The molecule has 2 fully saturated rings. The quantitative estimate of drug-likeness (QED) is 0.775. The molecule has 2 amide bonds. The average Bonchev–Trinajstić information content (AvgIpc) is 2.34. The van der Waals surface area contributed by atoms with Crippen molar-refractivity contribution in [3.05, 3.63) is 0 Å². The van der Waals surface area contributed by atoms with Gasteiger partial charge in [-0.15, -0.1) is 0 Å². The molecule has 1 heterocycles. The second-order valence-electron chi connectivity index (χ2n) is 7.88. The lowest BCUT2D eigenvalue weighted by Gasteiger charge is -2.40. The predicted octanol–water partition coefficient (Wildman–Crippen LogP) is 1.95. The maximum atomic E-state index is 12.1. The Morgan fingerprint density at radius 2 is 1.91 bits per heavy atom. The first-order chi connectivity index (χ1) is 10.8. The number of piperidine rings is 1. The van der Waals surface area contributed by atoms with Gasteiger partial charge in [-0.05, 0) is 38.0 Å². The molecule has 5 nitrogen and oxygen atoms in total. The van der Waals surface area contributed by atoms with Gasteiger partial charge in [0.25, 0.3) is 0 Å². The molecule has 0 aromatic heterocycles. The summed E-state index contributed by atoms with van der Waals surface area (Å²) in [5.41, 5.74) is 0. The van der Waals surface area contributed by atoms with Crippen molar-refractivity contribution in [1.29, 1.82) is 0 Å². The number of rotatable bonds is 6. The third-order valence-corrected chi connectivity index (χ3v) is 7.07. The Kier molecular flexibility index (Phi) is 6.48. The minimum atomic E-state index is -0.876. The number of hydrogen-bond acceptors (Lipinski definition) is 3. The molecule has 2 N–H and O–H groups in total. The molecule has 0 aromatic carbocycles. The maximum Gasteiger partial charge on any atom is 0.315 e. The molecule has 0 aromatic rings. The van der Waals surface area contributed by atoms with Crippen LogP contribution in [0.1, 0.15) is 46.5 Å². The minimum Gasteiger partial charge on any atom is -0.337 e. The molecular formula is C17H33N3O2S. The lowest BCUT2D eigenvalue weighted by molar-refractivity contribution is 0.131. The van der Waals surface area contributed by atoms with Gasteiger partial charge in [-0.3, -0.25) is 4.21 Å². The standard InChI is InChI=1S/C17H33N3O2S/c1-13-8-14(2)10-20(9-13)11-15(3)19-16(21)18-12-17(23(4)22)6-5-7-17/h13-15H,5-12H2,1-4H3,(H2,18,19,21)/t13-,14+,15-,23-/m1/s1. The summed E-state index contributed by atoms with van der Waals surface area (Å²) in [6.45, 7) is 10.3. The van der Waals surface area contributed by atoms with Crippen molar-refractivity contribution in [2.24, 2.45) is 11.8 Å². The smallest absolute Gasteiger partial charge is 0.315 e. The van der Waals surface area contributed by atoms with Crippen LogP contribution in [0.25, 0.3) is 0 Å². The van der Waals surface area contributed by atoms with Gasteiger partial charge in [-0.1, -0.05) is 20.3 Å². The van der Waals surface area contributed by atoms with Crippen LogP contribution in [0.15, 0.2) is 0 Å². The Balaban J connectivity index is 1.71. The van der Waals surface area contributed by atoms with E-state index in [1.54, 1.807) is 6.26 Å². The van der Waals surface area contributed by atoms with E-state index >= 15 is 0 Å². The van der Waals surface area contributed by atoms with Crippen molar-refractivity contribution < 1.29 is 9.00 Å². The van der Waals surface area contributed by atoms with Crippen LogP contribution >= 0.6 is 0 Å². The summed E-state index contributed by atoms with van der Waals surface area (Å²) in [5, 5.41) is 5.96. The summed E-state index contributed by atoms with van der Waals surface area (Å²) < 4.78 is 11.7. The van der Waals surface area contributed by atoms with E-state index in [2.05, 4.69) is 36.3 Å². The fourth-order valence-electron chi connectivity index (χ4n) is 4.03. The summed E-state index contributed by atoms with van der Waals surface area (Å²) in [4.78, 5) is 14.6. The van der Waals surface area contributed by atoms with Gasteiger partial charge in [0.15, 0.2) is 0 Å². The Bertz CT molecular complexity index is 430. The van der Waals surface area contributed by atoms with Crippen LogP contribution in [0, 0.1) is 11.8 Å². The second-order valence-corrected chi connectivity index (χ2v) is 9.66. The highest BCUT2D eigenvalue weighted by molar-refractivity contribution is 7.85. The zero-order valence-corrected chi connectivity index (χ0v) is 15.9. The Hall–Kier alpha value is -0.620. The van der Waals surface area contributed by atoms with Crippen LogP contribution in [0.5, 0.6) is 0 Å². The SMILES string of the molecule is C[C@@H]1C[C@H](C)CN(C[C@@H](C)NC(=O)NCC2([S@@](C)=O)CCC2)C1. The number of likely N-dealkylation sites (tertiary alicyclic amines) is 1. The summed E-state index contributed by atoms with van der Waals surface area (Å²) in [7, 11) is -0.876. The van der Waals surface area contributed by atoms with Crippen LogP contribution in [0.3, 0.4) is 0 Å². The van der Waals surface area contributed by atoms with Crippen molar-refractivity contribution >= 4 is 16.8 Å². The molecule has 2 rings (SSSR count). The van der Waals surface area contributed by atoms with Crippen molar-refractivity contribution in [2.45, 2.75) is 57.2 Å². The minimum absolute atomic E-state index is 0.122. The van der Waals surface area contributed by atoms with E-state index in [-0.39, 0.29) is 16.8 Å². The fourth-order valence-corrected chi connectivity index (χ4v) is 5.17. The number of carbonyl (C=O) groups is 1. The number of amides is 2. The van der Waals surface area contributed by atoms with Crippen LogP contribution in [-0.2, 0) is 10.8 Å². The van der Waals surface area contributed by atoms with E-state index in [0.29, 0.717) is 6.54 Å². The summed E-state index contributed by atoms with van der Waals surface area (Å²) in [6.07, 6.45) is 6.07. The summed E-state index contributed by atoms with van der Waals surface area (Å²) >= 11 is 0. The molecule has 134 valence electrons. The van der Waals surface area contributed by atoms with Gasteiger partial charge in [-0.2, -0.15) is 0 Å². The molecule has 0 spiro atoms. The third kappa shape index (κ3) is 5.18. The summed E-state index contributed by atoms with van der Waals surface area (Å²) in [6, 6.07) is -0.00991. The normalized spacial score (nSPS) is 30.1. The monoisotopic (exact) mass is 343 g/mol. The van der Waals surface area contributed by atoms with Gasteiger partial charge in [0.05, 0.1) is 4.75 Å². The molecule has 0 unspecified atom stereocenters. The first-order valence-corrected chi connectivity index (χ1v) is 10.5. The van der Waals surface area contributed by atoms with Crippen LogP contribution in [0.2, 0.25) is 0 Å². The zero-order chi connectivity index (χ0) is 17.0. The lowest BCUT2D eigenvalue weighted by atomic mass is 9.84. The van der Waals surface area contributed by atoms with E-state index in [9.17, 15) is 9.00 Å². The molecule has 2 aliphatic rings. The van der Waals surface area contributed by atoms with Crippen LogP contribution in [0.4, 0.5) is 4.79 Å². The Labute approximate surface area is 143 Å². The van der Waals surface area contributed by atoms with Gasteiger partial charge >= 0.3 is 6.03 Å². The highest BCUT2D eigenvalue weighted by Crippen LogP contribution is 2.36. The van der Waals surface area contributed by atoms with Gasteiger partial charge in [0.2, 0.25) is 0 Å².